The Morgan fingerprint density at radius 2 is 2.00 bits per heavy atom. The summed E-state index contributed by atoms with van der Waals surface area (Å²) in [5.74, 6) is -0.265. The van der Waals surface area contributed by atoms with E-state index < -0.39 is 5.82 Å². The maximum atomic E-state index is 14.0. The lowest BCUT2D eigenvalue weighted by Crippen LogP contribution is -2.19. The molecular formula is C13H13FN4S. The highest BCUT2D eigenvalue weighted by Crippen LogP contribution is 2.27. The number of nitrogens with two attached hydrogens (primary N) is 1. The number of hydrogen-bond acceptors (Lipinski definition) is 4. The molecule has 0 bridgehead atoms. The van der Waals surface area contributed by atoms with Gasteiger partial charge in [-0.05, 0) is 19.1 Å². The maximum absolute atomic E-state index is 14.0. The van der Waals surface area contributed by atoms with Crippen LogP contribution in [0.3, 0.4) is 0 Å². The first kappa shape index (κ1) is 13.4. The molecule has 0 aliphatic rings. The maximum Gasteiger partial charge on any atom is 0.187 e. The molecule has 6 heteroatoms. The molecule has 98 valence electrons. The quantitative estimate of drug-likeness (QED) is 0.872. The number of aromatic nitrogens is 2. The molecule has 0 fully saturated rings. The van der Waals surface area contributed by atoms with Gasteiger partial charge in [-0.3, -0.25) is 0 Å². The molecule has 0 amide bonds. The number of halogens is 1. The second kappa shape index (κ2) is 5.27. The van der Waals surface area contributed by atoms with Gasteiger partial charge in [0.25, 0.3) is 0 Å². The molecule has 2 N–H and O–H groups in total. The topological polar surface area (TPSA) is 55.0 Å². The first-order valence-electron chi connectivity index (χ1n) is 5.62. The fourth-order valence-corrected chi connectivity index (χ4v) is 1.94. The molecule has 4 nitrogen and oxygen atoms in total. The van der Waals surface area contributed by atoms with E-state index in [1.807, 2.05) is 18.2 Å². The number of anilines is 2. The van der Waals surface area contributed by atoms with Crippen molar-refractivity contribution in [3.63, 3.8) is 0 Å². The van der Waals surface area contributed by atoms with E-state index in [0.29, 0.717) is 16.9 Å². The Morgan fingerprint density at radius 1 is 1.32 bits per heavy atom. The minimum atomic E-state index is -0.456. The van der Waals surface area contributed by atoms with Gasteiger partial charge in [-0.1, -0.05) is 24.4 Å². The molecule has 1 aromatic heterocycles. The predicted molar refractivity (Wildman–Crippen MR) is 77.1 cm³/mol. The summed E-state index contributed by atoms with van der Waals surface area (Å²) in [5.41, 5.74) is 7.35. The van der Waals surface area contributed by atoms with Crippen molar-refractivity contribution in [2.75, 3.05) is 11.9 Å². The molecule has 0 atom stereocenters. The van der Waals surface area contributed by atoms with Crippen LogP contribution in [-0.2, 0) is 0 Å². The molecule has 19 heavy (non-hydrogen) atoms. The SMILES string of the molecule is Cc1ncnc(N(C)c2ccccc2C(N)=S)c1F. The van der Waals surface area contributed by atoms with Crippen LogP contribution in [0.2, 0.25) is 0 Å². The minimum absolute atomic E-state index is 0.191. The molecule has 0 spiro atoms. The Bertz CT molecular complexity index is 630. The highest BCUT2D eigenvalue weighted by atomic mass is 32.1. The number of nitrogens with zero attached hydrogens (tertiary/aromatic N) is 3. The number of thiocarbonyl (C=S) groups is 1. The van der Waals surface area contributed by atoms with Gasteiger partial charge < -0.3 is 10.6 Å². The van der Waals surface area contributed by atoms with Crippen molar-refractivity contribution in [1.29, 1.82) is 0 Å². The fraction of sp³-hybridized carbons (Fsp3) is 0.154. The van der Waals surface area contributed by atoms with Gasteiger partial charge in [0.1, 0.15) is 11.3 Å². The fourth-order valence-electron chi connectivity index (χ4n) is 1.77. The van der Waals surface area contributed by atoms with Crippen LogP contribution in [-0.4, -0.2) is 22.0 Å². The first-order chi connectivity index (χ1) is 9.02. The summed E-state index contributed by atoms with van der Waals surface area (Å²) in [6.07, 6.45) is 1.33. The monoisotopic (exact) mass is 276 g/mol. The van der Waals surface area contributed by atoms with Crippen molar-refractivity contribution in [3.05, 3.63) is 47.7 Å². The van der Waals surface area contributed by atoms with Crippen molar-refractivity contribution in [3.8, 4) is 0 Å². The summed E-state index contributed by atoms with van der Waals surface area (Å²) in [7, 11) is 1.71. The van der Waals surface area contributed by atoms with Gasteiger partial charge in [-0.2, -0.15) is 0 Å². The highest BCUT2D eigenvalue weighted by molar-refractivity contribution is 7.80. The number of rotatable bonds is 3. The van der Waals surface area contributed by atoms with E-state index in [0.717, 1.165) is 0 Å². The summed E-state index contributed by atoms with van der Waals surface area (Å²) in [5, 5.41) is 0. The van der Waals surface area contributed by atoms with Crippen LogP contribution in [0.25, 0.3) is 0 Å². The lowest BCUT2D eigenvalue weighted by molar-refractivity contribution is 0.601. The Morgan fingerprint density at radius 3 is 2.68 bits per heavy atom. The predicted octanol–water partition coefficient (Wildman–Crippen LogP) is 2.33. The molecule has 0 saturated carbocycles. The van der Waals surface area contributed by atoms with Gasteiger partial charge >= 0.3 is 0 Å². The second-order valence-corrected chi connectivity index (χ2v) is 4.48. The van der Waals surface area contributed by atoms with Gasteiger partial charge in [0.05, 0.1) is 11.4 Å². The number of hydrogen-bond donors (Lipinski definition) is 1. The third-order valence-corrected chi connectivity index (χ3v) is 3.01. The number of para-hydroxylation sites is 1. The van der Waals surface area contributed by atoms with E-state index in [1.165, 1.54) is 6.33 Å². The van der Waals surface area contributed by atoms with Crippen molar-refractivity contribution in [1.82, 2.24) is 9.97 Å². The van der Waals surface area contributed by atoms with Crippen molar-refractivity contribution >= 4 is 28.7 Å². The smallest absolute Gasteiger partial charge is 0.187 e. The van der Waals surface area contributed by atoms with Crippen molar-refractivity contribution in [2.24, 2.45) is 5.73 Å². The molecule has 0 unspecified atom stereocenters. The standard InChI is InChI=1S/C13H13FN4S/c1-8-11(14)13(17-7-16-8)18(2)10-6-4-3-5-9(10)12(15)19/h3-7H,1-2H3,(H2,15,19). The van der Waals surface area contributed by atoms with Gasteiger partial charge in [-0.25, -0.2) is 14.4 Å². The lowest BCUT2D eigenvalue weighted by atomic mass is 10.1. The van der Waals surface area contributed by atoms with Gasteiger partial charge in [0.2, 0.25) is 0 Å². The van der Waals surface area contributed by atoms with E-state index >= 15 is 0 Å². The van der Waals surface area contributed by atoms with E-state index in [9.17, 15) is 4.39 Å². The Kier molecular flexibility index (Phi) is 3.71. The largest absolute Gasteiger partial charge is 0.389 e. The van der Waals surface area contributed by atoms with Crippen LogP contribution in [0.1, 0.15) is 11.3 Å². The molecule has 0 aliphatic carbocycles. The molecule has 1 aromatic carbocycles. The normalized spacial score (nSPS) is 10.3. The van der Waals surface area contributed by atoms with E-state index in [2.05, 4.69) is 9.97 Å². The van der Waals surface area contributed by atoms with Crippen LogP contribution in [0, 0.1) is 12.7 Å². The van der Waals surface area contributed by atoms with Crippen LogP contribution < -0.4 is 10.6 Å². The molecule has 0 saturated heterocycles. The zero-order valence-corrected chi connectivity index (χ0v) is 11.4. The summed E-state index contributed by atoms with van der Waals surface area (Å²) in [4.78, 5) is 9.65. The zero-order chi connectivity index (χ0) is 14.0. The number of benzene rings is 1. The van der Waals surface area contributed by atoms with Crippen LogP contribution >= 0.6 is 12.2 Å². The third-order valence-electron chi connectivity index (χ3n) is 2.79. The van der Waals surface area contributed by atoms with Crippen LogP contribution in [0.5, 0.6) is 0 Å². The Hall–Kier alpha value is -2.08. The van der Waals surface area contributed by atoms with Crippen LogP contribution in [0.4, 0.5) is 15.9 Å². The molecule has 0 radical (unpaired) electrons. The molecule has 2 aromatic rings. The molecule has 2 rings (SSSR count). The van der Waals surface area contributed by atoms with E-state index in [1.54, 1.807) is 24.9 Å². The summed E-state index contributed by atoms with van der Waals surface area (Å²) in [6, 6.07) is 7.26. The zero-order valence-electron chi connectivity index (χ0n) is 10.6. The highest BCUT2D eigenvalue weighted by Gasteiger charge is 2.16. The van der Waals surface area contributed by atoms with Gasteiger partial charge in [-0.15, -0.1) is 0 Å². The lowest BCUT2D eigenvalue weighted by Gasteiger charge is -2.21. The van der Waals surface area contributed by atoms with E-state index in [-0.39, 0.29) is 10.8 Å². The Balaban J connectivity index is 2.53. The van der Waals surface area contributed by atoms with Crippen molar-refractivity contribution < 1.29 is 4.39 Å². The average molecular weight is 276 g/mol. The number of aryl methyl sites for hydroxylation is 1. The minimum Gasteiger partial charge on any atom is -0.389 e. The van der Waals surface area contributed by atoms with E-state index in [4.69, 9.17) is 18.0 Å². The summed E-state index contributed by atoms with van der Waals surface area (Å²) >= 11 is 5.00. The van der Waals surface area contributed by atoms with Gasteiger partial charge in [0.15, 0.2) is 11.6 Å². The van der Waals surface area contributed by atoms with Gasteiger partial charge in [0, 0.05) is 12.6 Å². The Labute approximate surface area is 116 Å². The average Bonchev–Trinajstić information content (AvgIpc) is 2.41. The van der Waals surface area contributed by atoms with Crippen molar-refractivity contribution in [2.45, 2.75) is 6.92 Å². The van der Waals surface area contributed by atoms with Crippen LogP contribution in [0.15, 0.2) is 30.6 Å². The molecule has 1 heterocycles. The molecule has 0 aliphatic heterocycles. The summed E-state index contributed by atoms with van der Waals surface area (Å²) in [6.45, 7) is 1.59. The second-order valence-electron chi connectivity index (χ2n) is 4.04. The molecular weight excluding hydrogens is 263 g/mol. The first-order valence-corrected chi connectivity index (χ1v) is 6.03. The third kappa shape index (κ3) is 2.53. The summed E-state index contributed by atoms with van der Waals surface area (Å²) < 4.78 is 14.0.